The number of ether oxygens (including phenoxy) is 1. The number of aromatic nitrogens is 2. The molecule has 1 aliphatic rings. The normalized spacial score (nSPS) is 20.7. The van der Waals surface area contributed by atoms with Crippen LogP contribution < -0.4 is 10.6 Å². The van der Waals surface area contributed by atoms with Crippen LogP contribution in [0, 0.1) is 17.3 Å². The highest BCUT2D eigenvalue weighted by Crippen LogP contribution is 2.43. The smallest absolute Gasteiger partial charge is 0.271 e. The Morgan fingerprint density at radius 1 is 1.26 bits per heavy atom. The second kappa shape index (κ2) is 9.81. The molecule has 2 N–H and O–H groups in total. The molecule has 31 heavy (non-hydrogen) atoms. The number of carbonyl (C=O) groups is 2. The molecule has 0 aromatic carbocycles. The monoisotopic (exact) mass is 428 g/mol. The molecule has 0 spiro atoms. The average Bonchev–Trinajstić information content (AvgIpc) is 3.16. The summed E-state index contributed by atoms with van der Waals surface area (Å²) in [6.07, 6.45) is 5.33. The van der Waals surface area contributed by atoms with Crippen molar-refractivity contribution in [1.29, 1.82) is 0 Å². The van der Waals surface area contributed by atoms with Crippen molar-refractivity contribution in [1.82, 2.24) is 20.0 Å². The highest BCUT2D eigenvalue weighted by molar-refractivity contribution is 5.95. The number of amides is 2. The van der Waals surface area contributed by atoms with Crippen molar-refractivity contribution in [2.45, 2.75) is 60.0 Å². The zero-order chi connectivity index (χ0) is 22.6. The van der Waals surface area contributed by atoms with Gasteiger partial charge in [-0.2, -0.15) is 0 Å². The van der Waals surface area contributed by atoms with E-state index in [-0.39, 0.29) is 23.6 Å². The predicted molar refractivity (Wildman–Crippen MR) is 121 cm³/mol. The summed E-state index contributed by atoms with van der Waals surface area (Å²) in [7, 11) is 0. The lowest BCUT2D eigenvalue weighted by Crippen LogP contribution is -2.40. The second-order valence-corrected chi connectivity index (χ2v) is 9.58. The molecule has 2 heterocycles. The van der Waals surface area contributed by atoms with E-state index in [9.17, 15) is 9.59 Å². The van der Waals surface area contributed by atoms with Crippen LogP contribution in [0.1, 0.15) is 74.9 Å². The number of hydrogen-bond acceptors (Lipinski definition) is 4. The van der Waals surface area contributed by atoms with Gasteiger partial charge in [-0.15, -0.1) is 0 Å². The molecule has 2 aromatic heterocycles. The molecular formula is C24H36N4O3. The molecule has 2 atom stereocenters. The zero-order valence-electron chi connectivity index (χ0n) is 19.4. The minimum absolute atomic E-state index is 0.121. The maximum atomic E-state index is 12.9. The summed E-state index contributed by atoms with van der Waals surface area (Å²) in [5.74, 6) is 0.612. The molecule has 1 saturated carbocycles. The molecule has 0 saturated heterocycles. The summed E-state index contributed by atoms with van der Waals surface area (Å²) in [5.41, 5.74) is 1.64. The first kappa shape index (κ1) is 23.3. The Morgan fingerprint density at radius 2 is 2.03 bits per heavy atom. The Morgan fingerprint density at radius 3 is 2.77 bits per heavy atom. The molecule has 2 aromatic rings. The van der Waals surface area contributed by atoms with Crippen LogP contribution in [0.4, 0.5) is 0 Å². The number of nitrogens with one attached hydrogen (secondary N) is 2. The van der Waals surface area contributed by atoms with Gasteiger partial charge in [-0.3, -0.25) is 14.0 Å². The lowest BCUT2D eigenvalue weighted by molar-refractivity contribution is 0.0745. The van der Waals surface area contributed by atoms with Gasteiger partial charge in [0.25, 0.3) is 11.8 Å². The first-order chi connectivity index (χ1) is 14.7. The van der Waals surface area contributed by atoms with Gasteiger partial charge in [-0.25, -0.2) is 4.98 Å². The van der Waals surface area contributed by atoms with Crippen LogP contribution in [0.2, 0.25) is 0 Å². The van der Waals surface area contributed by atoms with Crippen LogP contribution in [-0.4, -0.2) is 47.0 Å². The standard InChI is InChI=1S/C24H36N4O3/c1-16(2)31-13-12-25-22(29)19-15-28-20(9-6-10-21(28)27-19)23(30)26-14-18-8-7-11-24(4,5)17(18)3/h6,9-10,15-18H,7-8,11-14H2,1-5H3,(H,25,29)(H,26,30). The average molecular weight is 429 g/mol. The number of nitrogens with zero attached hydrogens (tertiary/aromatic N) is 2. The largest absolute Gasteiger partial charge is 0.377 e. The van der Waals surface area contributed by atoms with E-state index in [0.29, 0.717) is 48.3 Å². The van der Waals surface area contributed by atoms with Crippen molar-refractivity contribution in [3.8, 4) is 0 Å². The molecule has 0 aliphatic heterocycles. The second-order valence-electron chi connectivity index (χ2n) is 9.58. The maximum Gasteiger partial charge on any atom is 0.271 e. The van der Waals surface area contributed by atoms with Gasteiger partial charge in [0.05, 0.1) is 12.7 Å². The summed E-state index contributed by atoms with van der Waals surface area (Å²) in [4.78, 5) is 29.8. The van der Waals surface area contributed by atoms with E-state index >= 15 is 0 Å². The summed E-state index contributed by atoms with van der Waals surface area (Å²) >= 11 is 0. The van der Waals surface area contributed by atoms with Gasteiger partial charge in [-0.1, -0.05) is 33.3 Å². The highest BCUT2D eigenvalue weighted by atomic mass is 16.5. The molecule has 0 radical (unpaired) electrons. The van der Waals surface area contributed by atoms with Gasteiger partial charge in [0.15, 0.2) is 0 Å². The molecule has 0 bridgehead atoms. The lowest BCUT2D eigenvalue weighted by Gasteiger charge is -2.42. The van der Waals surface area contributed by atoms with E-state index in [4.69, 9.17) is 4.74 Å². The molecule has 7 nitrogen and oxygen atoms in total. The number of imidazole rings is 1. The van der Waals surface area contributed by atoms with Crippen molar-refractivity contribution in [3.63, 3.8) is 0 Å². The van der Waals surface area contributed by atoms with E-state index in [1.807, 2.05) is 13.8 Å². The number of pyridine rings is 1. The molecule has 1 fully saturated rings. The molecule has 170 valence electrons. The fourth-order valence-corrected chi connectivity index (χ4v) is 4.38. The molecule has 2 amide bonds. The number of fused-ring (bicyclic) bond motifs is 1. The molecular weight excluding hydrogens is 392 g/mol. The third kappa shape index (κ3) is 5.64. The predicted octanol–water partition coefficient (Wildman–Crippen LogP) is 3.68. The highest BCUT2D eigenvalue weighted by Gasteiger charge is 2.35. The van der Waals surface area contributed by atoms with Crippen LogP contribution in [0.5, 0.6) is 0 Å². The first-order valence-corrected chi connectivity index (χ1v) is 11.3. The van der Waals surface area contributed by atoms with Crippen LogP contribution in [0.15, 0.2) is 24.4 Å². The third-order valence-electron chi connectivity index (χ3n) is 6.66. The van der Waals surface area contributed by atoms with Crippen LogP contribution >= 0.6 is 0 Å². The molecule has 3 rings (SSSR count). The van der Waals surface area contributed by atoms with Crippen LogP contribution in [-0.2, 0) is 4.74 Å². The van der Waals surface area contributed by atoms with E-state index in [0.717, 1.165) is 6.42 Å². The van der Waals surface area contributed by atoms with Crippen molar-refractivity contribution >= 4 is 17.5 Å². The summed E-state index contributed by atoms with van der Waals surface area (Å²) in [6, 6.07) is 5.35. The minimum Gasteiger partial charge on any atom is -0.377 e. The maximum absolute atomic E-state index is 12.9. The van der Waals surface area contributed by atoms with Gasteiger partial charge in [0, 0.05) is 19.3 Å². The van der Waals surface area contributed by atoms with E-state index < -0.39 is 0 Å². The van der Waals surface area contributed by atoms with Crippen molar-refractivity contribution in [2.24, 2.45) is 17.3 Å². The van der Waals surface area contributed by atoms with E-state index in [2.05, 4.69) is 36.4 Å². The van der Waals surface area contributed by atoms with Gasteiger partial charge in [-0.05, 0) is 56.1 Å². The Hall–Kier alpha value is -2.41. The fraction of sp³-hybridized carbons (Fsp3) is 0.625. The minimum atomic E-state index is -0.277. The fourth-order valence-electron chi connectivity index (χ4n) is 4.38. The number of hydrogen-bond donors (Lipinski definition) is 2. The Labute approximate surface area is 185 Å². The summed E-state index contributed by atoms with van der Waals surface area (Å²) in [6.45, 7) is 12.4. The van der Waals surface area contributed by atoms with Gasteiger partial charge in [0.1, 0.15) is 17.0 Å². The molecule has 1 aliphatic carbocycles. The first-order valence-electron chi connectivity index (χ1n) is 11.3. The van der Waals surface area contributed by atoms with Gasteiger partial charge in [0.2, 0.25) is 0 Å². The van der Waals surface area contributed by atoms with Crippen molar-refractivity contribution < 1.29 is 14.3 Å². The molecule has 7 heteroatoms. The van der Waals surface area contributed by atoms with E-state index in [1.54, 1.807) is 28.8 Å². The Kier molecular flexibility index (Phi) is 7.36. The summed E-state index contributed by atoms with van der Waals surface area (Å²) in [5, 5.41) is 5.92. The lowest BCUT2D eigenvalue weighted by atomic mass is 9.64. The topological polar surface area (TPSA) is 84.7 Å². The van der Waals surface area contributed by atoms with Crippen molar-refractivity contribution in [3.05, 3.63) is 35.8 Å². The van der Waals surface area contributed by atoms with Crippen LogP contribution in [0.3, 0.4) is 0 Å². The number of carbonyl (C=O) groups excluding carboxylic acids is 2. The van der Waals surface area contributed by atoms with Crippen molar-refractivity contribution in [2.75, 3.05) is 19.7 Å². The third-order valence-corrected chi connectivity index (χ3v) is 6.66. The zero-order valence-corrected chi connectivity index (χ0v) is 19.4. The number of rotatable bonds is 8. The van der Waals surface area contributed by atoms with Gasteiger partial charge >= 0.3 is 0 Å². The quantitative estimate of drug-likeness (QED) is 0.628. The van der Waals surface area contributed by atoms with E-state index in [1.165, 1.54) is 12.8 Å². The Bertz CT molecular complexity index is 919. The Balaban J connectivity index is 1.65. The molecule has 2 unspecified atom stereocenters. The van der Waals surface area contributed by atoms with Gasteiger partial charge < -0.3 is 15.4 Å². The summed E-state index contributed by atoms with van der Waals surface area (Å²) < 4.78 is 7.13. The van der Waals surface area contributed by atoms with Crippen LogP contribution in [0.25, 0.3) is 5.65 Å². The SMILES string of the molecule is CC(C)OCCNC(=O)c1cn2c(C(=O)NCC3CCCC(C)(C)C3C)cccc2n1.